The van der Waals surface area contributed by atoms with Crippen LogP contribution in [0.15, 0.2) is 103 Å². The fraction of sp³-hybridized carbons (Fsp3) is 0.268. The third-order valence-corrected chi connectivity index (χ3v) is 11.8. The van der Waals surface area contributed by atoms with Gasteiger partial charge < -0.3 is 5.11 Å². The minimum atomic E-state index is -5.23. The molecule has 8 rings (SSSR count). The van der Waals surface area contributed by atoms with Gasteiger partial charge in [0.25, 0.3) is 0 Å². The van der Waals surface area contributed by atoms with Crippen molar-refractivity contribution in [1.82, 2.24) is 0 Å². The number of nitrogens with zero attached hydrogens (tertiary/aromatic N) is 2. The lowest BCUT2D eigenvalue weighted by molar-refractivity contribution is -0.143. The number of fused-ring (bicyclic) bond motifs is 4. The average molecular weight is 779 g/mol. The number of hydrogen-bond donors (Lipinski definition) is 1. The Bertz CT molecular complexity index is 2310. The third-order valence-electron chi connectivity index (χ3n) is 11.6. The number of aryl methyl sites for hydroxylation is 1. The molecule has 4 aromatic carbocycles. The number of carbonyl (C=O) groups is 4. The Labute approximate surface area is 314 Å². The Hall–Kier alpha value is -5.43. The summed E-state index contributed by atoms with van der Waals surface area (Å²) in [6, 6.07) is 20.2. The first-order valence-electron chi connectivity index (χ1n) is 17.3. The van der Waals surface area contributed by atoms with Gasteiger partial charge in [-0.3, -0.25) is 19.2 Å². The molecule has 4 aromatic rings. The molecule has 0 aromatic heterocycles. The molecule has 1 N–H and O–H groups in total. The number of anilines is 2. The standard InChI is InChI=1S/C41H29ClF6N2O5/c1-20-14-21(10-13-32(20)51)34-28-11-12-29-33(37(54)49(35(29)52)27-16-23(40(43,44)45)15-24(17-27)41(46,47)48)30(28)19-31-36(53)50(26-9-5-8-25(42)18-26)38(55)39(31,34)22-6-3-2-4-7-22/h2-11,13-18,29-31,33-34,51H,12,19H2,1H3/t29-,30+,31-,33-,34-,39+/m0/s1. The number of amides is 4. The third kappa shape index (κ3) is 5.49. The first kappa shape index (κ1) is 36.5. The number of aromatic hydroxyl groups is 1. The quantitative estimate of drug-likeness (QED) is 0.127. The van der Waals surface area contributed by atoms with E-state index in [1.807, 2.05) is 0 Å². The highest BCUT2D eigenvalue weighted by atomic mass is 35.5. The first-order valence-corrected chi connectivity index (χ1v) is 17.7. The zero-order valence-corrected chi connectivity index (χ0v) is 29.4. The Morgan fingerprint density at radius 1 is 0.727 bits per heavy atom. The van der Waals surface area contributed by atoms with Gasteiger partial charge in [0.2, 0.25) is 23.6 Å². The molecule has 55 heavy (non-hydrogen) atoms. The number of carbonyl (C=O) groups excluding carboxylic acids is 4. The molecule has 7 nitrogen and oxygen atoms in total. The second kappa shape index (κ2) is 12.6. The largest absolute Gasteiger partial charge is 0.508 e. The highest BCUT2D eigenvalue weighted by Crippen LogP contribution is 2.64. The molecule has 14 heteroatoms. The normalized spacial score (nSPS) is 26.5. The molecule has 2 saturated heterocycles. The maximum Gasteiger partial charge on any atom is 0.416 e. The number of imide groups is 2. The van der Waals surface area contributed by atoms with E-state index in [2.05, 4.69) is 0 Å². The minimum absolute atomic E-state index is 0.0417. The van der Waals surface area contributed by atoms with Gasteiger partial charge >= 0.3 is 12.4 Å². The fourth-order valence-corrected chi connectivity index (χ4v) is 9.48. The number of halogens is 7. The van der Waals surface area contributed by atoms with E-state index in [9.17, 15) is 45.8 Å². The molecule has 1 saturated carbocycles. The van der Waals surface area contributed by atoms with Crippen molar-refractivity contribution in [2.75, 3.05) is 9.80 Å². The summed E-state index contributed by atoms with van der Waals surface area (Å²) in [4.78, 5) is 60.1. The van der Waals surface area contributed by atoms with Crippen LogP contribution in [0.3, 0.4) is 0 Å². The SMILES string of the molecule is Cc1cc([C@H]2C3=CC[C@@H]4C(=O)N(c5cc(C(F)(F)F)cc(C(F)(F)F)c5)C(=O)[C@@H]4[C@@H]3C[C@H]3C(=O)N(c4cccc(Cl)c4)C(=O)[C@@]23c2ccccc2)ccc1O. The van der Waals surface area contributed by atoms with Crippen molar-refractivity contribution < 1.29 is 50.6 Å². The van der Waals surface area contributed by atoms with Gasteiger partial charge in [-0.05, 0) is 84.8 Å². The van der Waals surface area contributed by atoms with E-state index in [0.29, 0.717) is 39.3 Å². The molecule has 4 amide bonds. The highest BCUT2D eigenvalue weighted by molar-refractivity contribution is 6.32. The smallest absolute Gasteiger partial charge is 0.416 e. The molecule has 282 valence electrons. The van der Waals surface area contributed by atoms with Gasteiger partial charge in [0.15, 0.2) is 0 Å². The molecule has 4 aliphatic rings. The van der Waals surface area contributed by atoms with Crippen LogP contribution in [0.2, 0.25) is 5.02 Å². The fourth-order valence-electron chi connectivity index (χ4n) is 9.30. The predicted octanol–water partition coefficient (Wildman–Crippen LogP) is 8.76. The van der Waals surface area contributed by atoms with Crippen LogP contribution in [0.5, 0.6) is 5.75 Å². The van der Waals surface area contributed by atoms with Crippen LogP contribution in [0.1, 0.15) is 46.6 Å². The van der Waals surface area contributed by atoms with Crippen molar-refractivity contribution in [1.29, 1.82) is 0 Å². The maximum absolute atomic E-state index is 15.3. The van der Waals surface area contributed by atoms with Gasteiger partial charge in [-0.25, -0.2) is 9.80 Å². The molecule has 6 atom stereocenters. The lowest BCUT2D eigenvalue weighted by Gasteiger charge is -2.50. The van der Waals surface area contributed by atoms with E-state index >= 15 is 4.79 Å². The van der Waals surface area contributed by atoms with Crippen LogP contribution in [-0.4, -0.2) is 28.7 Å². The summed E-state index contributed by atoms with van der Waals surface area (Å²) in [6.07, 6.45) is -9.02. The highest BCUT2D eigenvalue weighted by Gasteiger charge is 2.70. The first-order chi connectivity index (χ1) is 25.9. The second-order valence-corrected chi connectivity index (χ2v) is 14.9. The van der Waals surface area contributed by atoms with Crippen molar-refractivity contribution >= 4 is 46.6 Å². The van der Waals surface area contributed by atoms with Gasteiger partial charge in [0.1, 0.15) is 5.75 Å². The molecule has 0 radical (unpaired) electrons. The number of phenols is 1. The van der Waals surface area contributed by atoms with Crippen LogP contribution >= 0.6 is 11.6 Å². The minimum Gasteiger partial charge on any atom is -0.508 e. The summed E-state index contributed by atoms with van der Waals surface area (Å²) in [5.74, 6) is -8.73. The summed E-state index contributed by atoms with van der Waals surface area (Å²) in [7, 11) is 0. The summed E-state index contributed by atoms with van der Waals surface area (Å²) in [5.41, 5.74) is -3.71. The van der Waals surface area contributed by atoms with E-state index in [4.69, 9.17) is 11.6 Å². The molecular weight excluding hydrogens is 750 g/mol. The number of alkyl halides is 6. The topological polar surface area (TPSA) is 95.0 Å². The van der Waals surface area contributed by atoms with E-state index < -0.39 is 87.8 Å². The lowest BCUT2D eigenvalue weighted by Crippen LogP contribution is -2.53. The Kier molecular flexibility index (Phi) is 8.34. The Morgan fingerprint density at radius 3 is 2.02 bits per heavy atom. The summed E-state index contributed by atoms with van der Waals surface area (Å²) in [5, 5.41) is 10.8. The van der Waals surface area contributed by atoms with Gasteiger partial charge in [0, 0.05) is 10.9 Å². The second-order valence-electron chi connectivity index (χ2n) is 14.4. The zero-order valence-electron chi connectivity index (χ0n) is 28.7. The van der Waals surface area contributed by atoms with Gasteiger partial charge in [-0.1, -0.05) is 71.8 Å². The Balaban J connectivity index is 1.32. The van der Waals surface area contributed by atoms with Crippen molar-refractivity contribution in [2.24, 2.45) is 23.7 Å². The van der Waals surface area contributed by atoms with Crippen molar-refractivity contribution in [3.63, 3.8) is 0 Å². The van der Waals surface area contributed by atoms with E-state index in [-0.39, 0.29) is 35.4 Å². The van der Waals surface area contributed by atoms with Gasteiger partial charge in [0.05, 0.1) is 45.7 Å². The maximum atomic E-state index is 15.3. The van der Waals surface area contributed by atoms with E-state index in [1.165, 1.54) is 12.1 Å². The van der Waals surface area contributed by atoms with Gasteiger partial charge in [-0.15, -0.1) is 0 Å². The van der Waals surface area contributed by atoms with Crippen LogP contribution in [0.4, 0.5) is 37.7 Å². The molecule has 0 unspecified atom stereocenters. The Morgan fingerprint density at radius 2 is 1.40 bits per heavy atom. The molecule has 0 bridgehead atoms. The molecule has 2 aliphatic carbocycles. The molecule has 0 spiro atoms. The number of phenolic OH excluding ortho intramolecular Hbond substituents is 1. The monoisotopic (exact) mass is 778 g/mol. The van der Waals surface area contributed by atoms with Crippen molar-refractivity contribution in [3.05, 3.63) is 135 Å². The number of benzene rings is 4. The number of rotatable bonds is 4. The predicted molar refractivity (Wildman–Crippen MR) is 188 cm³/mol. The van der Waals surface area contributed by atoms with E-state index in [1.54, 1.807) is 73.7 Å². The molecule has 3 fully saturated rings. The zero-order chi connectivity index (χ0) is 39.4. The van der Waals surface area contributed by atoms with E-state index in [0.717, 1.165) is 4.90 Å². The summed E-state index contributed by atoms with van der Waals surface area (Å²) >= 11 is 6.32. The average Bonchev–Trinajstić information content (AvgIpc) is 3.53. The van der Waals surface area contributed by atoms with Crippen LogP contribution in [0.25, 0.3) is 0 Å². The van der Waals surface area contributed by atoms with Crippen LogP contribution in [-0.2, 0) is 36.9 Å². The summed E-state index contributed by atoms with van der Waals surface area (Å²) in [6.45, 7) is 1.65. The van der Waals surface area contributed by atoms with Gasteiger partial charge in [-0.2, -0.15) is 26.3 Å². The van der Waals surface area contributed by atoms with Crippen molar-refractivity contribution in [2.45, 2.75) is 43.5 Å². The lowest BCUT2D eigenvalue weighted by atomic mass is 9.49. The van der Waals surface area contributed by atoms with Crippen LogP contribution in [0, 0.1) is 30.6 Å². The van der Waals surface area contributed by atoms with Crippen molar-refractivity contribution in [3.8, 4) is 5.75 Å². The molecule has 2 heterocycles. The number of hydrogen-bond acceptors (Lipinski definition) is 5. The molecule has 2 aliphatic heterocycles. The number of allylic oxidation sites excluding steroid dienone is 2. The van der Waals surface area contributed by atoms with Crippen LogP contribution < -0.4 is 9.80 Å². The summed E-state index contributed by atoms with van der Waals surface area (Å²) < 4.78 is 83.3. The molecular formula is C41H29ClF6N2O5.